The molecule has 0 radical (unpaired) electrons. The first-order valence-electron chi connectivity index (χ1n) is 6.55. The van der Waals surface area contributed by atoms with Gasteiger partial charge in [0, 0.05) is 19.7 Å². The number of hydrogen-bond acceptors (Lipinski definition) is 4. The van der Waals surface area contributed by atoms with Crippen molar-refractivity contribution >= 4 is 5.91 Å². The first-order valence-corrected chi connectivity index (χ1v) is 6.55. The van der Waals surface area contributed by atoms with Crippen LogP contribution in [0, 0.1) is 0 Å². The maximum atomic E-state index is 12.0. The highest BCUT2D eigenvalue weighted by atomic mass is 16.5. The van der Waals surface area contributed by atoms with Gasteiger partial charge >= 0.3 is 0 Å². The van der Waals surface area contributed by atoms with Gasteiger partial charge in [-0.2, -0.15) is 0 Å². The molecule has 0 aliphatic carbocycles. The van der Waals surface area contributed by atoms with E-state index >= 15 is 0 Å². The van der Waals surface area contributed by atoms with Gasteiger partial charge in [0.25, 0.3) is 0 Å². The standard InChI is InChI=1S/C14H20N2O3/c17-8-6-13-14(18)15-7-9-19-11-16(13)10-12-4-2-1-3-5-12/h1-5,13,17H,6-11H2,(H,15,18)/t13-/m0/s1. The van der Waals surface area contributed by atoms with Gasteiger partial charge in [-0.05, 0) is 12.0 Å². The molecule has 1 aliphatic rings. The van der Waals surface area contributed by atoms with Crippen molar-refractivity contribution in [2.45, 2.75) is 19.0 Å². The van der Waals surface area contributed by atoms with E-state index < -0.39 is 0 Å². The largest absolute Gasteiger partial charge is 0.396 e. The van der Waals surface area contributed by atoms with Gasteiger partial charge in [0.2, 0.25) is 5.91 Å². The number of nitrogens with one attached hydrogen (secondary N) is 1. The molecule has 1 aromatic carbocycles. The summed E-state index contributed by atoms with van der Waals surface area (Å²) in [5, 5.41) is 12.0. The maximum Gasteiger partial charge on any atom is 0.237 e. The third kappa shape index (κ3) is 4.02. The van der Waals surface area contributed by atoms with Crippen LogP contribution in [-0.2, 0) is 16.1 Å². The van der Waals surface area contributed by atoms with Crippen LogP contribution in [0.5, 0.6) is 0 Å². The molecule has 2 rings (SSSR count). The summed E-state index contributed by atoms with van der Waals surface area (Å²) < 4.78 is 5.51. The molecule has 0 bridgehead atoms. The first-order chi connectivity index (χ1) is 9.31. The minimum absolute atomic E-state index is 0.0105. The van der Waals surface area contributed by atoms with Crippen molar-refractivity contribution in [1.29, 1.82) is 0 Å². The fraction of sp³-hybridized carbons (Fsp3) is 0.500. The maximum absolute atomic E-state index is 12.0. The normalized spacial score (nSPS) is 21.5. The van der Waals surface area contributed by atoms with Crippen molar-refractivity contribution in [3.63, 3.8) is 0 Å². The predicted molar refractivity (Wildman–Crippen MR) is 71.3 cm³/mol. The van der Waals surface area contributed by atoms with Crippen molar-refractivity contribution in [2.75, 3.05) is 26.5 Å². The molecule has 0 spiro atoms. The number of nitrogens with zero attached hydrogens (tertiary/aromatic N) is 1. The molecule has 2 N–H and O–H groups in total. The lowest BCUT2D eigenvalue weighted by Crippen LogP contribution is -2.50. The molecule has 1 heterocycles. The van der Waals surface area contributed by atoms with E-state index in [1.807, 2.05) is 35.2 Å². The summed E-state index contributed by atoms with van der Waals surface area (Å²) >= 11 is 0. The lowest BCUT2D eigenvalue weighted by molar-refractivity contribution is -0.133. The van der Waals surface area contributed by atoms with Gasteiger partial charge in [0.05, 0.1) is 12.6 Å². The Hall–Kier alpha value is -1.43. The zero-order valence-corrected chi connectivity index (χ0v) is 10.9. The van der Waals surface area contributed by atoms with E-state index in [0.717, 1.165) is 5.56 Å². The lowest BCUT2D eigenvalue weighted by atomic mass is 10.1. The molecule has 0 saturated carbocycles. The van der Waals surface area contributed by atoms with Gasteiger partial charge < -0.3 is 15.2 Å². The molecule has 0 aromatic heterocycles. The first kappa shape index (κ1) is 14.0. The molecule has 104 valence electrons. The third-order valence-electron chi connectivity index (χ3n) is 3.18. The monoisotopic (exact) mass is 264 g/mol. The Kier molecular flexibility index (Phi) is 5.32. The number of ether oxygens (including phenoxy) is 1. The van der Waals surface area contributed by atoms with Crippen molar-refractivity contribution < 1.29 is 14.6 Å². The number of rotatable bonds is 4. The Bertz CT molecular complexity index is 397. The van der Waals surface area contributed by atoms with E-state index in [4.69, 9.17) is 9.84 Å². The second-order valence-corrected chi connectivity index (χ2v) is 4.59. The Labute approximate surface area is 113 Å². The number of aliphatic hydroxyl groups is 1. The predicted octanol–water partition coefficient (Wildman–Crippen LogP) is 0.343. The molecule has 1 atom stereocenters. The zero-order valence-electron chi connectivity index (χ0n) is 10.9. The average Bonchev–Trinajstić information content (AvgIpc) is 2.42. The Balaban J connectivity index is 2.09. The van der Waals surface area contributed by atoms with Gasteiger partial charge in [-0.15, -0.1) is 0 Å². The van der Waals surface area contributed by atoms with Gasteiger partial charge in [-0.3, -0.25) is 9.69 Å². The van der Waals surface area contributed by atoms with Crippen molar-refractivity contribution in [3.8, 4) is 0 Å². The van der Waals surface area contributed by atoms with Crippen molar-refractivity contribution in [2.24, 2.45) is 0 Å². The summed E-state index contributed by atoms with van der Waals surface area (Å²) in [5.41, 5.74) is 1.13. The quantitative estimate of drug-likeness (QED) is 0.823. The molecule has 19 heavy (non-hydrogen) atoms. The Morgan fingerprint density at radius 2 is 2.16 bits per heavy atom. The molecule has 5 nitrogen and oxygen atoms in total. The topological polar surface area (TPSA) is 61.8 Å². The number of hydrogen-bond donors (Lipinski definition) is 2. The minimum atomic E-state index is -0.342. The van der Waals surface area contributed by atoms with Crippen molar-refractivity contribution in [3.05, 3.63) is 35.9 Å². The summed E-state index contributed by atoms with van der Waals surface area (Å²) in [5.74, 6) is -0.0340. The van der Waals surface area contributed by atoms with Crippen LogP contribution in [0.15, 0.2) is 30.3 Å². The van der Waals surface area contributed by atoms with Gasteiger partial charge in [-0.25, -0.2) is 0 Å². The molecular weight excluding hydrogens is 244 g/mol. The summed E-state index contributed by atoms with van der Waals surface area (Å²) in [4.78, 5) is 14.0. The van der Waals surface area contributed by atoms with E-state index in [2.05, 4.69) is 5.32 Å². The van der Waals surface area contributed by atoms with Gasteiger partial charge in [-0.1, -0.05) is 30.3 Å². The smallest absolute Gasteiger partial charge is 0.237 e. The van der Waals surface area contributed by atoms with Crippen LogP contribution in [0.2, 0.25) is 0 Å². The van der Waals surface area contributed by atoms with Crippen LogP contribution in [-0.4, -0.2) is 48.4 Å². The van der Waals surface area contributed by atoms with E-state index in [9.17, 15) is 4.79 Å². The van der Waals surface area contributed by atoms with Crippen LogP contribution in [0.3, 0.4) is 0 Å². The summed E-state index contributed by atoms with van der Waals surface area (Å²) in [6.07, 6.45) is 0.419. The summed E-state index contributed by atoms with van der Waals surface area (Å²) in [6.45, 7) is 2.08. The summed E-state index contributed by atoms with van der Waals surface area (Å²) in [6, 6.07) is 9.61. The van der Waals surface area contributed by atoms with E-state index in [1.165, 1.54) is 0 Å². The fourth-order valence-corrected chi connectivity index (χ4v) is 2.21. The molecule has 1 aliphatic heterocycles. The molecule has 5 heteroatoms. The summed E-state index contributed by atoms with van der Waals surface area (Å²) in [7, 11) is 0. The number of carbonyl (C=O) groups excluding carboxylic acids is 1. The highest BCUT2D eigenvalue weighted by molar-refractivity contribution is 5.81. The molecule has 1 fully saturated rings. The van der Waals surface area contributed by atoms with E-state index in [0.29, 0.717) is 32.8 Å². The number of amides is 1. The minimum Gasteiger partial charge on any atom is -0.396 e. The second kappa shape index (κ2) is 7.23. The van der Waals surface area contributed by atoms with Crippen molar-refractivity contribution in [1.82, 2.24) is 10.2 Å². The van der Waals surface area contributed by atoms with Gasteiger partial charge in [0.1, 0.15) is 6.73 Å². The molecule has 1 saturated heterocycles. The zero-order chi connectivity index (χ0) is 13.5. The van der Waals surface area contributed by atoms with Gasteiger partial charge in [0.15, 0.2) is 0 Å². The second-order valence-electron chi connectivity index (χ2n) is 4.59. The van der Waals surface area contributed by atoms with Crippen LogP contribution >= 0.6 is 0 Å². The molecule has 1 aromatic rings. The van der Waals surface area contributed by atoms with Crippen LogP contribution < -0.4 is 5.32 Å². The Morgan fingerprint density at radius 3 is 2.89 bits per heavy atom. The molecule has 1 amide bonds. The highest BCUT2D eigenvalue weighted by Crippen LogP contribution is 2.12. The molecule has 0 unspecified atom stereocenters. The van der Waals surface area contributed by atoms with E-state index in [-0.39, 0.29) is 18.6 Å². The Morgan fingerprint density at radius 1 is 1.37 bits per heavy atom. The third-order valence-corrected chi connectivity index (χ3v) is 3.18. The highest BCUT2D eigenvalue weighted by Gasteiger charge is 2.26. The SMILES string of the molecule is O=C1NCCOCN(Cc2ccccc2)[C@H]1CCO. The molecular formula is C14H20N2O3. The number of benzene rings is 1. The average molecular weight is 264 g/mol. The fourth-order valence-electron chi connectivity index (χ4n) is 2.21. The lowest BCUT2D eigenvalue weighted by Gasteiger charge is -2.32. The van der Waals surface area contributed by atoms with E-state index in [1.54, 1.807) is 0 Å². The number of aliphatic hydroxyl groups excluding tert-OH is 1. The number of carbonyl (C=O) groups is 1. The van der Waals surface area contributed by atoms with Crippen LogP contribution in [0.25, 0.3) is 0 Å². The van der Waals surface area contributed by atoms with Crippen LogP contribution in [0.1, 0.15) is 12.0 Å². The van der Waals surface area contributed by atoms with Crippen LogP contribution in [0.4, 0.5) is 0 Å².